The van der Waals surface area contributed by atoms with Gasteiger partial charge >= 0.3 is 6.18 Å². The molecule has 5 nitrogen and oxygen atoms in total. The van der Waals surface area contributed by atoms with Gasteiger partial charge in [-0.2, -0.15) is 13.2 Å². The van der Waals surface area contributed by atoms with Gasteiger partial charge in [0.2, 0.25) is 5.95 Å². The third-order valence-corrected chi connectivity index (χ3v) is 3.21. The summed E-state index contributed by atoms with van der Waals surface area (Å²) in [5.74, 6) is 0.400. The van der Waals surface area contributed by atoms with Crippen LogP contribution in [-0.2, 0) is 6.18 Å². The summed E-state index contributed by atoms with van der Waals surface area (Å²) in [6, 6.07) is 9.82. The van der Waals surface area contributed by atoms with Crippen LogP contribution in [0.4, 0.5) is 24.9 Å². The molecule has 0 aliphatic heterocycles. The molecule has 0 bridgehead atoms. The number of pyridine rings is 1. The van der Waals surface area contributed by atoms with Gasteiger partial charge in [0.1, 0.15) is 5.82 Å². The van der Waals surface area contributed by atoms with Crippen LogP contribution in [-0.4, -0.2) is 28.0 Å². The van der Waals surface area contributed by atoms with Crippen LogP contribution in [0.15, 0.2) is 42.6 Å². The Morgan fingerprint density at radius 3 is 2.57 bits per heavy atom. The van der Waals surface area contributed by atoms with Crippen LogP contribution < -0.4 is 10.6 Å². The van der Waals surface area contributed by atoms with Gasteiger partial charge in [-0.25, -0.2) is 9.97 Å². The van der Waals surface area contributed by atoms with Gasteiger partial charge in [0, 0.05) is 19.3 Å². The van der Waals surface area contributed by atoms with E-state index in [0.717, 1.165) is 17.1 Å². The van der Waals surface area contributed by atoms with Crippen molar-refractivity contribution in [2.75, 3.05) is 23.7 Å². The predicted octanol–water partition coefficient (Wildman–Crippen LogP) is 3.50. The summed E-state index contributed by atoms with van der Waals surface area (Å²) in [5.41, 5.74) is 0.947. The lowest BCUT2D eigenvalue weighted by molar-refractivity contribution is -0.137. The SMILES string of the molecule is FC(F)(F)c1cccnc1NCCNc1nc2ccccc2[nH]1. The summed E-state index contributed by atoms with van der Waals surface area (Å²) >= 11 is 0. The molecular formula is C15H14F3N5. The fraction of sp³-hybridized carbons (Fsp3) is 0.200. The first-order valence-electron chi connectivity index (χ1n) is 6.99. The molecule has 0 aliphatic rings. The van der Waals surface area contributed by atoms with Crippen LogP contribution >= 0.6 is 0 Å². The van der Waals surface area contributed by atoms with Crippen molar-refractivity contribution >= 4 is 22.8 Å². The molecule has 0 aliphatic carbocycles. The lowest BCUT2D eigenvalue weighted by atomic mass is 10.2. The van der Waals surface area contributed by atoms with Crippen LogP contribution in [0.2, 0.25) is 0 Å². The second kappa shape index (κ2) is 6.15. The first kappa shape index (κ1) is 15.1. The minimum Gasteiger partial charge on any atom is -0.368 e. The fourth-order valence-electron chi connectivity index (χ4n) is 2.17. The highest BCUT2D eigenvalue weighted by molar-refractivity contribution is 5.77. The van der Waals surface area contributed by atoms with Crippen LogP contribution in [0.1, 0.15) is 5.56 Å². The minimum atomic E-state index is -4.43. The van der Waals surface area contributed by atoms with Crippen LogP contribution in [0.25, 0.3) is 11.0 Å². The molecule has 3 aromatic rings. The number of hydrogen-bond donors (Lipinski definition) is 3. The number of fused-ring (bicyclic) bond motifs is 1. The van der Waals surface area contributed by atoms with E-state index in [9.17, 15) is 13.2 Å². The monoisotopic (exact) mass is 321 g/mol. The van der Waals surface area contributed by atoms with Gasteiger partial charge in [-0.05, 0) is 24.3 Å². The second-order valence-electron chi connectivity index (χ2n) is 4.85. The smallest absolute Gasteiger partial charge is 0.368 e. The van der Waals surface area contributed by atoms with E-state index < -0.39 is 11.7 Å². The van der Waals surface area contributed by atoms with Gasteiger partial charge in [-0.3, -0.25) is 0 Å². The number of benzene rings is 1. The summed E-state index contributed by atoms with van der Waals surface area (Å²) in [6.07, 6.45) is -3.10. The van der Waals surface area contributed by atoms with E-state index in [2.05, 4.69) is 25.6 Å². The standard InChI is InChI=1S/C15H14F3N5/c16-15(17,18)10-4-3-7-19-13(10)20-8-9-21-14-22-11-5-1-2-6-12(11)23-14/h1-7H,8-9H2,(H,19,20)(H2,21,22,23). The largest absolute Gasteiger partial charge is 0.419 e. The Kier molecular flexibility index (Phi) is 4.05. The maximum Gasteiger partial charge on any atom is 0.419 e. The highest BCUT2D eigenvalue weighted by atomic mass is 19.4. The van der Waals surface area contributed by atoms with Gasteiger partial charge in [-0.1, -0.05) is 12.1 Å². The summed E-state index contributed by atoms with van der Waals surface area (Å²) in [6.45, 7) is 0.671. The summed E-state index contributed by atoms with van der Waals surface area (Å²) in [4.78, 5) is 11.2. The number of alkyl halides is 3. The average Bonchev–Trinajstić information content (AvgIpc) is 2.94. The molecule has 0 fully saturated rings. The summed E-state index contributed by atoms with van der Waals surface area (Å²) in [5, 5.41) is 5.71. The molecule has 8 heteroatoms. The van der Waals surface area contributed by atoms with Gasteiger partial charge < -0.3 is 15.6 Å². The van der Waals surface area contributed by atoms with Crippen molar-refractivity contribution < 1.29 is 13.2 Å². The normalized spacial score (nSPS) is 11.6. The van der Waals surface area contributed by atoms with Crippen molar-refractivity contribution in [3.05, 3.63) is 48.2 Å². The molecular weight excluding hydrogens is 307 g/mol. The molecule has 0 radical (unpaired) electrons. The van der Waals surface area contributed by atoms with Crippen molar-refractivity contribution in [3.63, 3.8) is 0 Å². The fourth-order valence-corrected chi connectivity index (χ4v) is 2.17. The number of imidazole rings is 1. The molecule has 0 spiro atoms. The molecule has 0 amide bonds. The van der Waals surface area contributed by atoms with Crippen molar-refractivity contribution in [1.82, 2.24) is 15.0 Å². The molecule has 0 saturated heterocycles. The highest BCUT2D eigenvalue weighted by Crippen LogP contribution is 2.33. The summed E-state index contributed by atoms with van der Waals surface area (Å²) in [7, 11) is 0. The Labute approximate surface area is 130 Å². The minimum absolute atomic E-state index is 0.175. The Morgan fingerprint density at radius 1 is 1.00 bits per heavy atom. The zero-order chi connectivity index (χ0) is 16.3. The third-order valence-electron chi connectivity index (χ3n) is 3.21. The van der Waals surface area contributed by atoms with Gasteiger partial charge in [0.25, 0.3) is 0 Å². The number of halogens is 3. The van der Waals surface area contributed by atoms with Gasteiger partial charge in [-0.15, -0.1) is 0 Å². The predicted molar refractivity (Wildman–Crippen MR) is 82.3 cm³/mol. The van der Waals surface area contributed by atoms with E-state index in [-0.39, 0.29) is 12.4 Å². The topological polar surface area (TPSA) is 65.6 Å². The van der Waals surface area contributed by atoms with Gasteiger partial charge in [0.15, 0.2) is 0 Å². The van der Waals surface area contributed by atoms with E-state index in [1.807, 2.05) is 24.3 Å². The number of aromatic nitrogens is 3. The van der Waals surface area contributed by atoms with Crippen LogP contribution in [0.3, 0.4) is 0 Å². The van der Waals surface area contributed by atoms with Crippen molar-refractivity contribution in [1.29, 1.82) is 0 Å². The molecule has 0 atom stereocenters. The van der Waals surface area contributed by atoms with Gasteiger partial charge in [0.05, 0.1) is 16.6 Å². The van der Waals surface area contributed by atoms with E-state index in [1.54, 1.807) is 0 Å². The number of rotatable bonds is 5. The lowest BCUT2D eigenvalue weighted by Crippen LogP contribution is -2.18. The number of anilines is 2. The highest BCUT2D eigenvalue weighted by Gasteiger charge is 2.33. The molecule has 2 heterocycles. The third kappa shape index (κ3) is 3.53. The molecule has 3 rings (SSSR count). The number of aromatic amines is 1. The maximum absolute atomic E-state index is 12.8. The van der Waals surface area contributed by atoms with E-state index >= 15 is 0 Å². The number of nitrogens with zero attached hydrogens (tertiary/aromatic N) is 2. The zero-order valence-electron chi connectivity index (χ0n) is 12.0. The van der Waals surface area contributed by atoms with Crippen LogP contribution in [0, 0.1) is 0 Å². The average molecular weight is 321 g/mol. The molecule has 1 aromatic carbocycles. The lowest BCUT2D eigenvalue weighted by Gasteiger charge is -2.13. The first-order valence-corrected chi connectivity index (χ1v) is 6.99. The zero-order valence-corrected chi connectivity index (χ0v) is 12.0. The molecule has 0 unspecified atom stereocenters. The Bertz CT molecular complexity index is 764. The maximum atomic E-state index is 12.8. The van der Waals surface area contributed by atoms with Crippen molar-refractivity contribution in [2.45, 2.75) is 6.18 Å². The second-order valence-corrected chi connectivity index (χ2v) is 4.85. The summed E-state index contributed by atoms with van der Waals surface area (Å²) < 4.78 is 38.5. The number of hydrogen-bond acceptors (Lipinski definition) is 4. The van der Waals surface area contributed by atoms with E-state index in [0.29, 0.717) is 12.5 Å². The Balaban J connectivity index is 1.58. The molecule has 120 valence electrons. The van der Waals surface area contributed by atoms with Crippen molar-refractivity contribution in [2.24, 2.45) is 0 Å². The van der Waals surface area contributed by atoms with E-state index in [1.165, 1.54) is 12.3 Å². The first-order chi connectivity index (χ1) is 11.0. The number of nitrogens with one attached hydrogen (secondary N) is 3. The Hall–Kier alpha value is -2.77. The molecule has 3 N–H and O–H groups in total. The molecule has 2 aromatic heterocycles. The van der Waals surface area contributed by atoms with Crippen LogP contribution in [0.5, 0.6) is 0 Å². The Morgan fingerprint density at radius 2 is 1.78 bits per heavy atom. The van der Waals surface area contributed by atoms with E-state index in [4.69, 9.17) is 0 Å². The number of para-hydroxylation sites is 2. The number of H-pyrrole nitrogens is 1. The van der Waals surface area contributed by atoms with Crippen molar-refractivity contribution in [3.8, 4) is 0 Å². The quantitative estimate of drug-likeness (QED) is 0.629. The molecule has 23 heavy (non-hydrogen) atoms. The molecule has 0 saturated carbocycles.